The van der Waals surface area contributed by atoms with Gasteiger partial charge in [-0.05, 0) is 59.5 Å². The minimum atomic E-state index is -0.279. The first-order chi connectivity index (χ1) is 11.5. The van der Waals surface area contributed by atoms with Gasteiger partial charge >= 0.3 is 0 Å². The van der Waals surface area contributed by atoms with E-state index in [2.05, 4.69) is 27.3 Å². The van der Waals surface area contributed by atoms with Crippen LogP contribution < -0.4 is 5.32 Å². The van der Waals surface area contributed by atoms with Crippen molar-refractivity contribution < 1.29 is 4.79 Å². The molecule has 5 heteroatoms. The summed E-state index contributed by atoms with van der Waals surface area (Å²) in [6.07, 6.45) is 9.37. The molecule has 0 radical (unpaired) electrons. The minimum Gasteiger partial charge on any atom is -0.348 e. The SMILES string of the molecule is Cc1n[nH]c(C)c1[C@@H](C)NC(=O)C1(N2CCCCC2)CCCCC1. The molecule has 2 aliphatic rings. The van der Waals surface area contributed by atoms with E-state index in [1.807, 2.05) is 13.8 Å². The maximum absolute atomic E-state index is 13.4. The van der Waals surface area contributed by atoms with E-state index < -0.39 is 0 Å². The van der Waals surface area contributed by atoms with Crippen LogP contribution in [-0.2, 0) is 4.79 Å². The largest absolute Gasteiger partial charge is 0.348 e. The summed E-state index contributed by atoms with van der Waals surface area (Å²) in [5.74, 6) is 0.233. The summed E-state index contributed by atoms with van der Waals surface area (Å²) in [5, 5.41) is 10.6. The van der Waals surface area contributed by atoms with Crippen molar-refractivity contribution in [2.24, 2.45) is 0 Å². The number of nitrogens with one attached hydrogen (secondary N) is 2. The molecule has 1 aromatic rings. The summed E-state index contributed by atoms with van der Waals surface area (Å²) in [6.45, 7) is 8.26. The molecule has 134 valence electrons. The smallest absolute Gasteiger partial charge is 0.241 e. The maximum Gasteiger partial charge on any atom is 0.241 e. The summed E-state index contributed by atoms with van der Waals surface area (Å²) in [7, 11) is 0. The Kier molecular flexibility index (Phi) is 5.28. The van der Waals surface area contributed by atoms with E-state index in [1.165, 1.54) is 38.5 Å². The van der Waals surface area contributed by atoms with Crippen LogP contribution in [0.1, 0.15) is 81.3 Å². The lowest BCUT2D eigenvalue weighted by Crippen LogP contribution is -2.61. The van der Waals surface area contributed by atoms with E-state index in [-0.39, 0.29) is 17.5 Å². The van der Waals surface area contributed by atoms with Gasteiger partial charge in [0.15, 0.2) is 0 Å². The fourth-order valence-electron chi connectivity index (χ4n) is 4.75. The molecule has 1 saturated heterocycles. The van der Waals surface area contributed by atoms with E-state index in [0.29, 0.717) is 0 Å². The molecule has 1 aliphatic heterocycles. The predicted octanol–water partition coefficient (Wildman–Crippen LogP) is 3.39. The monoisotopic (exact) mass is 332 g/mol. The van der Waals surface area contributed by atoms with E-state index in [9.17, 15) is 4.79 Å². The molecule has 2 heterocycles. The summed E-state index contributed by atoms with van der Waals surface area (Å²) in [5.41, 5.74) is 2.89. The number of aromatic nitrogens is 2. The van der Waals surface area contributed by atoms with Crippen molar-refractivity contribution in [3.8, 4) is 0 Å². The first-order valence-electron chi connectivity index (χ1n) is 9.62. The number of hydrogen-bond donors (Lipinski definition) is 2. The molecule has 1 atom stereocenters. The van der Waals surface area contributed by atoms with Crippen LogP contribution in [-0.4, -0.2) is 39.6 Å². The number of amides is 1. The summed E-state index contributed by atoms with van der Waals surface area (Å²) < 4.78 is 0. The first kappa shape index (κ1) is 17.5. The Morgan fingerprint density at radius 3 is 2.33 bits per heavy atom. The zero-order valence-electron chi connectivity index (χ0n) is 15.5. The van der Waals surface area contributed by atoms with Gasteiger partial charge in [-0.15, -0.1) is 0 Å². The van der Waals surface area contributed by atoms with Gasteiger partial charge in [0.25, 0.3) is 0 Å². The highest BCUT2D eigenvalue weighted by Gasteiger charge is 2.45. The van der Waals surface area contributed by atoms with Crippen molar-refractivity contribution in [3.63, 3.8) is 0 Å². The van der Waals surface area contributed by atoms with Gasteiger partial charge in [0.2, 0.25) is 5.91 Å². The van der Waals surface area contributed by atoms with Crippen molar-refractivity contribution >= 4 is 5.91 Å². The standard InChI is InChI=1S/C19H32N4O/c1-14(17-15(2)21-22-16(17)3)20-18(24)19(10-6-4-7-11-19)23-12-8-5-9-13-23/h14H,4-13H2,1-3H3,(H,20,24)(H,21,22)/t14-/m1/s1. The number of nitrogens with zero attached hydrogens (tertiary/aromatic N) is 2. The molecule has 1 saturated carbocycles. The molecule has 3 rings (SSSR count). The molecule has 0 spiro atoms. The van der Waals surface area contributed by atoms with Crippen LogP contribution in [0.15, 0.2) is 0 Å². The van der Waals surface area contributed by atoms with Crippen LogP contribution in [0.2, 0.25) is 0 Å². The van der Waals surface area contributed by atoms with Gasteiger partial charge in [-0.2, -0.15) is 5.10 Å². The van der Waals surface area contributed by atoms with Gasteiger partial charge < -0.3 is 5.32 Å². The Morgan fingerprint density at radius 2 is 1.75 bits per heavy atom. The van der Waals surface area contributed by atoms with Crippen molar-refractivity contribution in [1.29, 1.82) is 0 Å². The Balaban J connectivity index is 1.78. The zero-order chi connectivity index (χ0) is 17.2. The van der Waals surface area contributed by atoms with Crippen LogP contribution in [0.4, 0.5) is 0 Å². The number of rotatable bonds is 4. The van der Waals surface area contributed by atoms with Gasteiger partial charge in [0, 0.05) is 11.3 Å². The highest BCUT2D eigenvalue weighted by Crippen LogP contribution is 2.36. The van der Waals surface area contributed by atoms with Crippen molar-refractivity contribution in [2.45, 2.75) is 83.7 Å². The second-order valence-electron chi connectivity index (χ2n) is 7.68. The van der Waals surface area contributed by atoms with Gasteiger partial charge in [-0.25, -0.2) is 0 Å². The van der Waals surface area contributed by atoms with E-state index in [4.69, 9.17) is 0 Å². The topological polar surface area (TPSA) is 61.0 Å². The number of piperidine rings is 1. The Labute approximate surface area is 145 Å². The molecule has 0 bridgehead atoms. The van der Waals surface area contributed by atoms with E-state index >= 15 is 0 Å². The predicted molar refractivity (Wildman–Crippen MR) is 95.9 cm³/mol. The van der Waals surface area contributed by atoms with Gasteiger partial charge in [-0.3, -0.25) is 14.8 Å². The second kappa shape index (κ2) is 7.26. The fourth-order valence-corrected chi connectivity index (χ4v) is 4.75. The normalized spacial score (nSPS) is 23.0. The van der Waals surface area contributed by atoms with Crippen LogP contribution in [0, 0.1) is 13.8 Å². The molecular weight excluding hydrogens is 300 g/mol. The van der Waals surface area contributed by atoms with Gasteiger partial charge in [0.05, 0.1) is 11.7 Å². The molecule has 1 aromatic heterocycles. The molecular formula is C19H32N4O. The lowest BCUT2D eigenvalue weighted by molar-refractivity contribution is -0.137. The Bertz CT molecular complexity index is 548. The highest BCUT2D eigenvalue weighted by atomic mass is 16.2. The quantitative estimate of drug-likeness (QED) is 0.888. The molecule has 5 nitrogen and oxygen atoms in total. The number of hydrogen-bond acceptors (Lipinski definition) is 3. The molecule has 1 amide bonds. The minimum absolute atomic E-state index is 0.000146. The number of H-pyrrole nitrogens is 1. The number of carbonyl (C=O) groups is 1. The van der Waals surface area contributed by atoms with Gasteiger partial charge in [0.1, 0.15) is 5.54 Å². The third-order valence-corrected chi connectivity index (χ3v) is 6.03. The van der Waals surface area contributed by atoms with Crippen molar-refractivity contribution in [3.05, 3.63) is 17.0 Å². The lowest BCUT2D eigenvalue weighted by atomic mass is 9.78. The number of aryl methyl sites for hydroxylation is 2. The van der Waals surface area contributed by atoms with Gasteiger partial charge in [-0.1, -0.05) is 25.7 Å². The average molecular weight is 332 g/mol. The molecule has 1 aliphatic carbocycles. The fraction of sp³-hybridized carbons (Fsp3) is 0.789. The highest BCUT2D eigenvalue weighted by molar-refractivity contribution is 5.87. The second-order valence-corrected chi connectivity index (χ2v) is 7.68. The third kappa shape index (κ3) is 3.23. The maximum atomic E-state index is 13.4. The lowest BCUT2D eigenvalue weighted by Gasteiger charge is -2.47. The number of aromatic amines is 1. The van der Waals surface area contributed by atoms with Crippen molar-refractivity contribution in [2.75, 3.05) is 13.1 Å². The number of carbonyl (C=O) groups excluding carboxylic acids is 1. The Hall–Kier alpha value is -1.36. The molecule has 2 N–H and O–H groups in total. The van der Waals surface area contributed by atoms with E-state index in [0.717, 1.165) is 42.9 Å². The summed E-state index contributed by atoms with van der Waals surface area (Å²) in [4.78, 5) is 15.9. The van der Waals surface area contributed by atoms with Crippen molar-refractivity contribution in [1.82, 2.24) is 20.4 Å². The third-order valence-electron chi connectivity index (χ3n) is 6.03. The number of likely N-dealkylation sites (tertiary alicyclic amines) is 1. The molecule has 0 unspecified atom stereocenters. The van der Waals surface area contributed by atoms with Crippen LogP contribution >= 0.6 is 0 Å². The molecule has 2 fully saturated rings. The molecule has 24 heavy (non-hydrogen) atoms. The Morgan fingerprint density at radius 1 is 1.12 bits per heavy atom. The van der Waals surface area contributed by atoms with E-state index in [1.54, 1.807) is 0 Å². The first-order valence-corrected chi connectivity index (χ1v) is 9.62. The average Bonchev–Trinajstić information content (AvgIpc) is 2.95. The van der Waals surface area contributed by atoms with Crippen LogP contribution in [0.3, 0.4) is 0 Å². The molecule has 0 aromatic carbocycles. The summed E-state index contributed by atoms with van der Waals surface area (Å²) in [6, 6.07) is -0.000146. The van der Waals surface area contributed by atoms with Crippen LogP contribution in [0.5, 0.6) is 0 Å². The zero-order valence-corrected chi connectivity index (χ0v) is 15.5. The van der Waals surface area contributed by atoms with Crippen LogP contribution in [0.25, 0.3) is 0 Å². The summed E-state index contributed by atoms with van der Waals surface area (Å²) >= 11 is 0.